The number of anilines is 2. The third-order valence-corrected chi connectivity index (χ3v) is 6.31. The molecule has 0 unspecified atom stereocenters. The number of nitrogens with one attached hydrogen (secondary N) is 2. The summed E-state index contributed by atoms with van der Waals surface area (Å²) in [6.45, 7) is 3.86. The lowest BCUT2D eigenvalue weighted by atomic mass is 10.1. The van der Waals surface area contributed by atoms with E-state index in [4.69, 9.17) is 23.2 Å². The fourth-order valence-corrected chi connectivity index (χ4v) is 4.31. The Bertz CT molecular complexity index is 1320. The van der Waals surface area contributed by atoms with Gasteiger partial charge in [-0.2, -0.15) is 0 Å². The van der Waals surface area contributed by atoms with E-state index in [1.807, 2.05) is 32.0 Å². The molecule has 0 atom stereocenters. The van der Waals surface area contributed by atoms with Crippen LogP contribution in [0.25, 0.3) is 0 Å². The second-order valence-corrected chi connectivity index (χ2v) is 10.2. The zero-order chi connectivity index (χ0) is 23.6. The van der Waals surface area contributed by atoms with Gasteiger partial charge in [0.15, 0.2) is 9.84 Å². The molecule has 0 saturated heterocycles. The molecule has 0 aliphatic rings. The van der Waals surface area contributed by atoms with Crippen LogP contribution in [-0.2, 0) is 9.84 Å². The van der Waals surface area contributed by atoms with Gasteiger partial charge in [0, 0.05) is 17.6 Å². The molecular formula is C23H20Cl2N2O4S. The number of aryl methyl sites for hydroxylation is 2. The first kappa shape index (κ1) is 23.8. The number of benzene rings is 3. The van der Waals surface area contributed by atoms with Gasteiger partial charge in [-0.25, -0.2) is 8.42 Å². The van der Waals surface area contributed by atoms with E-state index in [0.717, 1.165) is 17.4 Å². The van der Waals surface area contributed by atoms with Crippen molar-refractivity contribution in [3.63, 3.8) is 0 Å². The number of hydrogen-bond acceptors (Lipinski definition) is 4. The van der Waals surface area contributed by atoms with Gasteiger partial charge in [0.05, 0.1) is 26.1 Å². The molecule has 2 N–H and O–H groups in total. The van der Waals surface area contributed by atoms with Crippen molar-refractivity contribution >= 4 is 56.2 Å². The van der Waals surface area contributed by atoms with E-state index in [1.165, 1.54) is 30.3 Å². The van der Waals surface area contributed by atoms with Gasteiger partial charge in [-0.05, 0) is 73.5 Å². The molecule has 0 aliphatic carbocycles. The maximum Gasteiger partial charge on any atom is 0.257 e. The zero-order valence-corrected chi connectivity index (χ0v) is 19.8. The predicted octanol–water partition coefficient (Wildman–Crippen LogP) is 5.52. The van der Waals surface area contributed by atoms with Crippen molar-refractivity contribution in [2.75, 3.05) is 16.9 Å². The van der Waals surface area contributed by atoms with Crippen LogP contribution in [0.15, 0.2) is 59.5 Å². The number of carbonyl (C=O) groups excluding carboxylic acids is 2. The van der Waals surface area contributed by atoms with Gasteiger partial charge in [0.2, 0.25) is 0 Å². The Balaban J connectivity index is 1.82. The van der Waals surface area contributed by atoms with E-state index in [0.29, 0.717) is 11.4 Å². The monoisotopic (exact) mass is 490 g/mol. The first-order valence-electron chi connectivity index (χ1n) is 9.44. The molecule has 6 nitrogen and oxygen atoms in total. The lowest BCUT2D eigenvalue weighted by molar-refractivity contribution is 0.101. The zero-order valence-electron chi connectivity index (χ0n) is 17.5. The first-order valence-corrected chi connectivity index (χ1v) is 12.1. The second kappa shape index (κ2) is 9.32. The fraction of sp³-hybridized carbons (Fsp3) is 0.130. The summed E-state index contributed by atoms with van der Waals surface area (Å²) >= 11 is 12.3. The molecule has 0 spiro atoms. The SMILES string of the molecule is Cc1cc(C)cc(NC(=O)c2cc(NC(=O)c3ccc(S(C)(=O)=O)cc3Cl)ccc2Cl)c1. The van der Waals surface area contributed by atoms with Crippen molar-refractivity contribution in [2.24, 2.45) is 0 Å². The molecule has 3 aromatic rings. The summed E-state index contributed by atoms with van der Waals surface area (Å²) < 4.78 is 23.3. The Morgan fingerprint density at radius 1 is 0.719 bits per heavy atom. The largest absolute Gasteiger partial charge is 0.322 e. The van der Waals surface area contributed by atoms with Gasteiger partial charge in [-0.1, -0.05) is 29.3 Å². The summed E-state index contributed by atoms with van der Waals surface area (Å²) in [7, 11) is -3.45. The van der Waals surface area contributed by atoms with Gasteiger partial charge in [0.25, 0.3) is 11.8 Å². The van der Waals surface area contributed by atoms with E-state index >= 15 is 0 Å². The van der Waals surface area contributed by atoms with Crippen LogP contribution in [0.5, 0.6) is 0 Å². The summed E-state index contributed by atoms with van der Waals surface area (Å²) in [5.74, 6) is -0.982. The van der Waals surface area contributed by atoms with Crippen LogP contribution in [0.2, 0.25) is 10.0 Å². The Morgan fingerprint density at radius 3 is 1.91 bits per heavy atom. The van der Waals surface area contributed by atoms with Gasteiger partial charge in [0.1, 0.15) is 0 Å². The maximum atomic E-state index is 12.8. The highest BCUT2D eigenvalue weighted by Crippen LogP contribution is 2.25. The summed E-state index contributed by atoms with van der Waals surface area (Å²) in [5.41, 5.74) is 3.25. The Labute approximate surface area is 196 Å². The van der Waals surface area contributed by atoms with E-state index in [9.17, 15) is 18.0 Å². The van der Waals surface area contributed by atoms with Crippen molar-refractivity contribution in [3.05, 3.63) is 86.9 Å². The Hall–Kier alpha value is -2.87. The first-order chi connectivity index (χ1) is 14.9. The molecule has 32 heavy (non-hydrogen) atoms. The van der Waals surface area contributed by atoms with E-state index in [2.05, 4.69) is 10.6 Å². The number of amides is 2. The van der Waals surface area contributed by atoms with Crippen molar-refractivity contribution < 1.29 is 18.0 Å². The number of hydrogen-bond donors (Lipinski definition) is 2. The highest BCUT2D eigenvalue weighted by molar-refractivity contribution is 7.90. The number of rotatable bonds is 5. The standard InChI is InChI=1S/C23H20Cl2N2O4S/c1-13-8-14(2)10-16(9-13)27-23(29)19-11-15(4-7-20(19)24)26-22(28)18-6-5-17(12-21(18)25)32(3,30)31/h4-12H,1-3H3,(H,26,28)(H,27,29). The lowest BCUT2D eigenvalue weighted by Crippen LogP contribution is -2.16. The fourth-order valence-electron chi connectivity index (χ4n) is 3.13. The van der Waals surface area contributed by atoms with Crippen LogP contribution < -0.4 is 10.6 Å². The van der Waals surface area contributed by atoms with Crippen molar-refractivity contribution in [1.29, 1.82) is 0 Å². The van der Waals surface area contributed by atoms with Crippen LogP contribution in [0.1, 0.15) is 31.8 Å². The summed E-state index contributed by atoms with van der Waals surface area (Å²) in [5, 5.41) is 5.67. The van der Waals surface area contributed by atoms with Gasteiger partial charge in [-0.3, -0.25) is 9.59 Å². The lowest BCUT2D eigenvalue weighted by Gasteiger charge is -2.12. The normalized spacial score (nSPS) is 11.2. The third kappa shape index (κ3) is 5.68. The molecular weight excluding hydrogens is 471 g/mol. The van der Waals surface area contributed by atoms with Crippen LogP contribution in [0, 0.1) is 13.8 Å². The number of sulfone groups is 1. The van der Waals surface area contributed by atoms with Crippen LogP contribution >= 0.6 is 23.2 Å². The molecule has 0 aromatic heterocycles. The molecule has 0 radical (unpaired) electrons. The molecule has 3 rings (SSSR count). The third-order valence-electron chi connectivity index (χ3n) is 4.56. The summed E-state index contributed by atoms with van der Waals surface area (Å²) in [4.78, 5) is 25.4. The predicted molar refractivity (Wildman–Crippen MR) is 128 cm³/mol. The number of carbonyl (C=O) groups is 2. The minimum absolute atomic E-state index is 0.00725. The van der Waals surface area contributed by atoms with Crippen LogP contribution in [-0.4, -0.2) is 26.5 Å². The molecule has 3 aromatic carbocycles. The second-order valence-electron chi connectivity index (χ2n) is 7.39. The van der Waals surface area contributed by atoms with Crippen molar-refractivity contribution in [2.45, 2.75) is 18.7 Å². The van der Waals surface area contributed by atoms with Gasteiger partial charge in [-0.15, -0.1) is 0 Å². The summed E-state index contributed by atoms with van der Waals surface area (Å²) in [6, 6.07) is 14.0. The molecule has 2 amide bonds. The molecule has 0 bridgehead atoms. The average Bonchev–Trinajstić information content (AvgIpc) is 2.67. The molecule has 0 heterocycles. The minimum atomic E-state index is -3.45. The highest BCUT2D eigenvalue weighted by atomic mass is 35.5. The molecule has 166 valence electrons. The van der Waals surface area contributed by atoms with Crippen molar-refractivity contribution in [1.82, 2.24) is 0 Å². The Kier molecular flexibility index (Phi) is 6.93. The number of halogens is 2. The topological polar surface area (TPSA) is 92.3 Å². The van der Waals surface area contributed by atoms with Crippen LogP contribution in [0.3, 0.4) is 0 Å². The van der Waals surface area contributed by atoms with E-state index in [-0.39, 0.29) is 26.1 Å². The molecule has 0 aliphatic heterocycles. The van der Waals surface area contributed by atoms with Crippen LogP contribution in [0.4, 0.5) is 11.4 Å². The minimum Gasteiger partial charge on any atom is -0.322 e. The maximum absolute atomic E-state index is 12.8. The smallest absolute Gasteiger partial charge is 0.257 e. The Morgan fingerprint density at radius 2 is 1.31 bits per heavy atom. The van der Waals surface area contributed by atoms with Crippen molar-refractivity contribution in [3.8, 4) is 0 Å². The molecule has 9 heteroatoms. The molecule has 0 saturated carbocycles. The quantitative estimate of drug-likeness (QED) is 0.492. The summed E-state index contributed by atoms with van der Waals surface area (Å²) in [6.07, 6.45) is 1.05. The van der Waals surface area contributed by atoms with E-state index < -0.39 is 21.7 Å². The molecule has 0 fully saturated rings. The highest BCUT2D eigenvalue weighted by Gasteiger charge is 2.17. The van der Waals surface area contributed by atoms with Gasteiger partial charge >= 0.3 is 0 Å². The van der Waals surface area contributed by atoms with Gasteiger partial charge < -0.3 is 10.6 Å². The van der Waals surface area contributed by atoms with E-state index in [1.54, 1.807) is 6.07 Å². The average molecular weight is 491 g/mol.